The van der Waals surface area contributed by atoms with Crippen LogP contribution in [0.5, 0.6) is 5.75 Å². The Labute approximate surface area is 223 Å². The fourth-order valence-electron chi connectivity index (χ4n) is 3.67. The molecule has 0 saturated heterocycles. The summed E-state index contributed by atoms with van der Waals surface area (Å²) in [5, 5.41) is 3.82. The monoisotopic (exact) mass is 526 g/mol. The van der Waals surface area contributed by atoms with Crippen molar-refractivity contribution in [3.05, 3.63) is 99.5 Å². The second-order valence-corrected chi connectivity index (χ2v) is 10.0. The van der Waals surface area contributed by atoms with Crippen LogP contribution in [-0.4, -0.2) is 35.9 Å². The first kappa shape index (κ1) is 27.6. The first-order valence-electron chi connectivity index (χ1n) is 12.0. The third kappa shape index (κ3) is 8.28. The molecule has 5 nitrogen and oxygen atoms in total. The van der Waals surface area contributed by atoms with Crippen LogP contribution < -0.4 is 10.1 Å². The molecular formula is C29H32Cl2N2O3. The molecule has 2 amide bonds. The van der Waals surface area contributed by atoms with E-state index >= 15 is 0 Å². The highest BCUT2D eigenvalue weighted by atomic mass is 35.5. The Morgan fingerprint density at radius 2 is 1.61 bits per heavy atom. The van der Waals surface area contributed by atoms with Gasteiger partial charge in [-0.15, -0.1) is 0 Å². The number of ether oxygens (including phenoxy) is 1. The van der Waals surface area contributed by atoms with E-state index in [9.17, 15) is 9.59 Å². The summed E-state index contributed by atoms with van der Waals surface area (Å²) in [6, 6.07) is 21.6. The Kier molecular flexibility index (Phi) is 10.2. The van der Waals surface area contributed by atoms with Crippen molar-refractivity contribution in [2.75, 3.05) is 13.2 Å². The first-order chi connectivity index (χ1) is 17.2. The van der Waals surface area contributed by atoms with Gasteiger partial charge in [0.25, 0.3) is 5.91 Å². The van der Waals surface area contributed by atoms with Gasteiger partial charge in [-0.3, -0.25) is 9.59 Å². The summed E-state index contributed by atoms with van der Waals surface area (Å²) in [4.78, 5) is 28.6. The van der Waals surface area contributed by atoms with Crippen LogP contribution >= 0.6 is 23.2 Å². The molecule has 0 aliphatic carbocycles. The van der Waals surface area contributed by atoms with E-state index in [4.69, 9.17) is 27.9 Å². The van der Waals surface area contributed by atoms with Crippen molar-refractivity contribution >= 4 is 35.0 Å². The maximum atomic E-state index is 13.6. The molecule has 0 aliphatic rings. The summed E-state index contributed by atoms with van der Waals surface area (Å²) in [7, 11) is 0. The van der Waals surface area contributed by atoms with Crippen molar-refractivity contribution in [1.29, 1.82) is 0 Å². The molecule has 190 valence electrons. The Hall–Kier alpha value is -3.02. The lowest BCUT2D eigenvalue weighted by Crippen LogP contribution is -2.52. The molecule has 1 unspecified atom stereocenters. The number of benzene rings is 3. The van der Waals surface area contributed by atoms with E-state index in [1.54, 1.807) is 23.1 Å². The molecule has 36 heavy (non-hydrogen) atoms. The number of aryl methyl sites for hydroxylation is 1. The molecule has 0 spiro atoms. The molecule has 0 aromatic heterocycles. The van der Waals surface area contributed by atoms with Crippen LogP contribution in [0.25, 0.3) is 0 Å². The van der Waals surface area contributed by atoms with Crippen molar-refractivity contribution in [3.63, 3.8) is 0 Å². The predicted octanol–water partition coefficient (Wildman–Crippen LogP) is 6.09. The molecule has 0 radical (unpaired) electrons. The number of carbonyl (C=O) groups is 2. The third-order valence-corrected chi connectivity index (χ3v) is 6.41. The minimum atomic E-state index is -0.741. The summed E-state index contributed by atoms with van der Waals surface area (Å²) in [5.41, 5.74) is 2.82. The molecule has 0 saturated carbocycles. The molecule has 3 aromatic rings. The Balaban J connectivity index is 1.91. The van der Waals surface area contributed by atoms with Crippen molar-refractivity contribution in [1.82, 2.24) is 10.2 Å². The number of amides is 2. The zero-order valence-electron chi connectivity index (χ0n) is 20.8. The second kappa shape index (κ2) is 13.3. The van der Waals surface area contributed by atoms with Crippen LogP contribution in [0.3, 0.4) is 0 Å². The van der Waals surface area contributed by atoms with Gasteiger partial charge in [0.1, 0.15) is 11.8 Å². The van der Waals surface area contributed by atoms with Crippen LogP contribution in [0.2, 0.25) is 10.0 Å². The van der Waals surface area contributed by atoms with Gasteiger partial charge >= 0.3 is 0 Å². The summed E-state index contributed by atoms with van der Waals surface area (Å²) >= 11 is 12.4. The van der Waals surface area contributed by atoms with Gasteiger partial charge in [-0.1, -0.05) is 91.1 Å². The molecular weight excluding hydrogens is 495 g/mol. The molecule has 0 heterocycles. The minimum Gasteiger partial charge on any atom is -0.484 e. The van der Waals surface area contributed by atoms with Crippen LogP contribution in [0.4, 0.5) is 0 Å². The summed E-state index contributed by atoms with van der Waals surface area (Å²) in [6.45, 7) is 6.53. The standard InChI is InChI=1S/C29H32Cl2N2O3/c1-20(2)17-32-29(35)27(16-22-7-5-4-6-8-22)33(18-23-11-14-25(30)26(31)15-23)28(34)19-36-24-12-9-21(3)10-13-24/h4-15,20,27H,16-19H2,1-3H3,(H,32,35). The van der Waals surface area contributed by atoms with Gasteiger partial charge < -0.3 is 15.0 Å². The zero-order chi connectivity index (χ0) is 26.1. The van der Waals surface area contributed by atoms with E-state index in [0.717, 1.165) is 16.7 Å². The SMILES string of the molecule is Cc1ccc(OCC(=O)N(Cc2ccc(Cl)c(Cl)c2)C(Cc2ccccc2)C(=O)NCC(C)C)cc1. The van der Waals surface area contributed by atoms with E-state index < -0.39 is 6.04 Å². The zero-order valence-corrected chi connectivity index (χ0v) is 22.4. The number of hydrogen-bond acceptors (Lipinski definition) is 3. The van der Waals surface area contributed by atoms with E-state index in [1.165, 1.54) is 0 Å². The van der Waals surface area contributed by atoms with E-state index in [2.05, 4.69) is 5.32 Å². The third-order valence-electron chi connectivity index (χ3n) is 5.68. The van der Waals surface area contributed by atoms with Gasteiger partial charge in [0.15, 0.2) is 6.61 Å². The van der Waals surface area contributed by atoms with Crippen molar-refractivity contribution < 1.29 is 14.3 Å². The van der Waals surface area contributed by atoms with Gasteiger partial charge in [-0.25, -0.2) is 0 Å². The number of nitrogens with one attached hydrogen (secondary N) is 1. The lowest BCUT2D eigenvalue weighted by molar-refractivity contribution is -0.142. The smallest absolute Gasteiger partial charge is 0.261 e. The number of hydrogen-bond donors (Lipinski definition) is 1. The fraction of sp³-hybridized carbons (Fsp3) is 0.310. The van der Waals surface area contributed by atoms with Gasteiger partial charge in [-0.2, -0.15) is 0 Å². The highest BCUT2D eigenvalue weighted by Gasteiger charge is 2.31. The van der Waals surface area contributed by atoms with Crippen molar-refractivity contribution in [3.8, 4) is 5.75 Å². The number of rotatable bonds is 11. The molecule has 1 atom stereocenters. The maximum Gasteiger partial charge on any atom is 0.261 e. The van der Waals surface area contributed by atoms with Crippen LogP contribution in [0.1, 0.15) is 30.5 Å². The quantitative estimate of drug-likeness (QED) is 0.328. The summed E-state index contributed by atoms with van der Waals surface area (Å²) in [6.07, 6.45) is 0.363. The van der Waals surface area contributed by atoms with Crippen LogP contribution in [0, 0.1) is 12.8 Å². The van der Waals surface area contributed by atoms with E-state index in [-0.39, 0.29) is 30.9 Å². The van der Waals surface area contributed by atoms with Gasteiger partial charge in [-0.05, 0) is 48.2 Å². The van der Waals surface area contributed by atoms with Gasteiger partial charge in [0, 0.05) is 19.5 Å². The number of carbonyl (C=O) groups excluding carboxylic acids is 2. The number of nitrogens with zero attached hydrogens (tertiary/aromatic N) is 1. The molecule has 3 rings (SSSR count). The molecule has 7 heteroatoms. The van der Waals surface area contributed by atoms with Crippen molar-refractivity contribution in [2.45, 2.75) is 39.8 Å². The highest BCUT2D eigenvalue weighted by molar-refractivity contribution is 6.42. The molecule has 0 fully saturated rings. The highest BCUT2D eigenvalue weighted by Crippen LogP contribution is 2.24. The van der Waals surface area contributed by atoms with Gasteiger partial charge in [0.2, 0.25) is 5.91 Å². The largest absolute Gasteiger partial charge is 0.484 e. The molecule has 1 N–H and O–H groups in total. The normalized spacial score (nSPS) is 11.7. The van der Waals surface area contributed by atoms with E-state index in [1.807, 2.05) is 75.4 Å². The molecule has 0 aliphatic heterocycles. The summed E-state index contributed by atoms with van der Waals surface area (Å²) < 4.78 is 5.79. The van der Waals surface area contributed by atoms with E-state index in [0.29, 0.717) is 28.8 Å². The molecule has 0 bridgehead atoms. The molecule has 3 aromatic carbocycles. The Morgan fingerprint density at radius 3 is 2.25 bits per heavy atom. The van der Waals surface area contributed by atoms with Crippen LogP contribution in [-0.2, 0) is 22.6 Å². The fourth-order valence-corrected chi connectivity index (χ4v) is 3.99. The second-order valence-electron chi connectivity index (χ2n) is 9.22. The Morgan fingerprint density at radius 1 is 0.917 bits per heavy atom. The Bertz CT molecular complexity index is 1150. The summed E-state index contributed by atoms with van der Waals surface area (Å²) in [5.74, 6) is 0.348. The lowest BCUT2D eigenvalue weighted by atomic mass is 10.0. The van der Waals surface area contributed by atoms with Crippen LogP contribution in [0.15, 0.2) is 72.8 Å². The maximum absolute atomic E-state index is 13.6. The first-order valence-corrected chi connectivity index (χ1v) is 12.7. The van der Waals surface area contributed by atoms with Gasteiger partial charge in [0.05, 0.1) is 10.0 Å². The average molecular weight is 527 g/mol. The lowest BCUT2D eigenvalue weighted by Gasteiger charge is -2.31. The van der Waals surface area contributed by atoms with Crippen molar-refractivity contribution in [2.24, 2.45) is 5.92 Å². The topological polar surface area (TPSA) is 58.6 Å². The minimum absolute atomic E-state index is 0.180. The number of halogens is 2. The average Bonchev–Trinajstić information content (AvgIpc) is 2.86. The predicted molar refractivity (Wildman–Crippen MR) is 145 cm³/mol.